The fourth-order valence-corrected chi connectivity index (χ4v) is 4.14. The van der Waals surface area contributed by atoms with Crippen molar-refractivity contribution in [3.63, 3.8) is 0 Å². The molecule has 1 aromatic heterocycles. The van der Waals surface area contributed by atoms with Crippen molar-refractivity contribution in [1.82, 2.24) is 15.1 Å². The van der Waals surface area contributed by atoms with E-state index < -0.39 is 0 Å². The number of hydrogen-bond acceptors (Lipinski definition) is 3. The highest BCUT2D eigenvalue weighted by atomic mass is 79.9. The Morgan fingerprint density at radius 1 is 1.39 bits per heavy atom. The topological polar surface area (TPSA) is 29.9 Å². The summed E-state index contributed by atoms with van der Waals surface area (Å²) < 4.78 is 3.32. The first-order valence-corrected chi connectivity index (χ1v) is 8.76. The highest BCUT2D eigenvalue weighted by Gasteiger charge is 2.17. The van der Waals surface area contributed by atoms with E-state index in [1.165, 1.54) is 40.2 Å². The Hall–Kier alpha value is -0.000000000000000111. The van der Waals surface area contributed by atoms with Crippen LogP contribution in [-0.2, 0) is 19.5 Å². The van der Waals surface area contributed by atoms with Gasteiger partial charge >= 0.3 is 0 Å². The molecule has 1 fully saturated rings. The van der Waals surface area contributed by atoms with Gasteiger partial charge in [-0.15, -0.1) is 0 Å². The van der Waals surface area contributed by atoms with E-state index >= 15 is 0 Å². The summed E-state index contributed by atoms with van der Waals surface area (Å²) in [5, 5.41) is 8.32. The third kappa shape index (κ3) is 3.31. The van der Waals surface area contributed by atoms with Crippen LogP contribution in [-0.4, -0.2) is 27.3 Å². The molecule has 1 saturated heterocycles. The minimum atomic E-state index is 0.684. The summed E-state index contributed by atoms with van der Waals surface area (Å²) in [5.74, 6) is 2.60. The lowest BCUT2D eigenvalue weighted by molar-refractivity contribution is 0.465. The molecular weight excluding hydrogens is 310 g/mol. The molecule has 0 bridgehead atoms. The largest absolute Gasteiger partial charge is 0.308 e. The SMILES string of the molecule is CCc1nn(CC)c(CNC2CCSCC2)c1Br. The number of aryl methyl sites for hydroxylation is 2. The van der Waals surface area contributed by atoms with Gasteiger partial charge in [-0.25, -0.2) is 0 Å². The minimum absolute atomic E-state index is 0.684. The second kappa shape index (κ2) is 6.96. The summed E-state index contributed by atoms with van der Waals surface area (Å²) >= 11 is 5.77. The maximum Gasteiger partial charge on any atom is 0.0767 e. The Morgan fingerprint density at radius 3 is 2.72 bits per heavy atom. The Bertz CT molecular complexity index is 386. The van der Waals surface area contributed by atoms with E-state index in [0.717, 1.165) is 19.5 Å². The first kappa shape index (κ1) is 14.4. The van der Waals surface area contributed by atoms with Crippen LogP contribution in [0.2, 0.25) is 0 Å². The molecule has 0 spiro atoms. The van der Waals surface area contributed by atoms with E-state index in [0.29, 0.717) is 6.04 Å². The van der Waals surface area contributed by atoms with Crippen LogP contribution >= 0.6 is 27.7 Å². The van der Waals surface area contributed by atoms with Crippen LogP contribution in [0.15, 0.2) is 4.47 Å². The second-order valence-corrected chi connectivity index (χ2v) is 6.66. The molecule has 0 aromatic carbocycles. The Labute approximate surface area is 122 Å². The van der Waals surface area contributed by atoms with Gasteiger partial charge in [-0.2, -0.15) is 16.9 Å². The normalized spacial score (nSPS) is 17.3. The van der Waals surface area contributed by atoms with Gasteiger partial charge in [0, 0.05) is 19.1 Å². The minimum Gasteiger partial charge on any atom is -0.308 e. The van der Waals surface area contributed by atoms with Gasteiger partial charge in [0.25, 0.3) is 0 Å². The summed E-state index contributed by atoms with van der Waals surface area (Å²) in [6.07, 6.45) is 3.58. The molecular formula is C13H22BrN3S. The summed E-state index contributed by atoms with van der Waals surface area (Å²) in [5.41, 5.74) is 2.47. The van der Waals surface area contributed by atoms with Crippen molar-refractivity contribution in [3.8, 4) is 0 Å². The average Bonchev–Trinajstić information content (AvgIpc) is 2.73. The van der Waals surface area contributed by atoms with Gasteiger partial charge in [-0.1, -0.05) is 6.92 Å². The van der Waals surface area contributed by atoms with Crippen molar-refractivity contribution in [2.24, 2.45) is 0 Å². The maximum atomic E-state index is 4.64. The Morgan fingerprint density at radius 2 is 2.11 bits per heavy atom. The predicted molar refractivity (Wildman–Crippen MR) is 82.2 cm³/mol. The second-order valence-electron chi connectivity index (χ2n) is 4.64. The molecule has 1 aliphatic heterocycles. The maximum absolute atomic E-state index is 4.64. The zero-order chi connectivity index (χ0) is 13.0. The number of thioether (sulfide) groups is 1. The molecule has 0 radical (unpaired) electrons. The number of aromatic nitrogens is 2. The number of nitrogens with one attached hydrogen (secondary N) is 1. The number of nitrogens with zero attached hydrogens (tertiary/aromatic N) is 2. The van der Waals surface area contributed by atoms with E-state index in [1.54, 1.807) is 0 Å². The third-order valence-electron chi connectivity index (χ3n) is 3.47. The Balaban J connectivity index is 2.01. The van der Waals surface area contributed by atoms with E-state index in [2.05, 4.69) is 56.6 Å². The molecule has 1 aliphatic rings. The fraction of sp³-hybridized carbons (Fsp3) is 0.769. The molecule has 18 heavy (non-hydrogen) atoms. The van der Waals surface area contributed by atoms with Crippen molar-refractivity contribution in [2.75, 3.05) is 11.5 Å². The molecule has 0 aliphatic carbocycles. The lowest BCUT2D eigenvalue weighted by Crippen LogP contribution is -2.32. The molecule has 0 unspecified atom stereocenters. The molecule has 5 heteroatoms. The average molecular weight is 332 g/mol. The zero-order valence-electron chi connectivity index (χ0n) is 11.2. The number of hydrogen-bond donors (Lipinski definition) is 1. The lowest BCUT2D eigenvalue weighted by Gasteiger charge is -2.22. The third-order valence-corrected chi connectivity index (χ3v) is 5.44. The standard InChI is InChI=1S/C13H22BrN3S/c1-3-11-13(14)12(17(4-2)16-11)9-15-10-5-7-18-8-6-10/h10,15H,3-9H2,1-2H3. The van der Waals surface area contributed by atoms with Crippen molar-refractivity contribution >= 4 is 27.7 Å². The Kier molecular flexibility index (Phi) is 5.57. The number of rotatable bonds is 5. The summed E-state index contributed by atoms with van der Waals surface area (Å²) in [6.45, 7) is 6.18. The molecule has 1 aromatic rings. The molecule has 2 rings (SSSR count). The van der Waals surface area contributed by atoms with Gasteiger partial charge in [-0.05, 0) is 53.6 Å². The van der Waals surface area contributed by atoms with Crippen LogP contribution in [0, 0.1) is 0 Å². The van der Waals surface area contributed by atoms with E-state index in [9.17, 15) is 0 Å². The van der Waals surface area contributed by atoms with E-state index in [1.807, 2.05) is 0 Å². The van der Waals surface area contributed by atoms with Gasteiger partial charge < -0.3 is 5.32 Å². The molecule has 0 saturated carbocycles. The van der Waals surface area contributed by atoms with Crippen LogP contribution in [0.1, 0.15) is 38.1 Å². The molecule has 0 amide bonds. The molecule has 0 atom stereocenters. The van der Waals surface area contributed by atoms with Crippen LogP contribution in [0.25, 0.3) is 0 Å². The smallest absolute Gasteiger partial charge is 0.0767 e. The van der Waals surface area contributed by atoms with Crippen LogP contribution in [0.3, 0.4) is 0 Å². The van der Waals surface area contributed by atoms with Gasteiger partial charge in [0.05, 0.1) is 15.9 Å². The first-order valence-electron chi connectivity index (χ1n) is 6.81. The summed E-state index contributed by atoms with van der Waals surface area (Å²) in [7, 11) is 0. The van der Waals surface area contributed by atoms with Crippen LogP contribution in [0.4, 0.5) is 0 Å². The van der Waals surface area contributed by atoms with E-state index in [4.69, 9.17) is 0 Å². The molecule has 3 nitrogen and oxygen atoms in total. The van der Waals surface area contributed by atoms with Crippen molar-refractivity contribution in [2.45, 2.75) is 52.2 Å². The van der Waals surface area contributed by atoms with Crippen molar-refractivity contribution < 1.29 is 0 Å². The quantitative estimate of drug-likeness (QED) is 0.898. The summed E-state index contributed by atoms with van der Waals surface area (Å²) in [6, 6.07) is 0.684. The predicted octanol–water partition coefficient (Wildman–Crippen LogP) is 3.21. The van der Waals surface area contributed by atoms with E-state index in [-0.39, 0.29) is 0 Å². The first-order chi connectivity index (χ1) is 8.76. The monoisotopic (exact) mass is 331 g/mol. The van der Waals surface area contributed by atoms with Crippen molar-refractivity contribution in [3.05, 3.63) is 15.9 Å². The highest BCUT2D eigenvalue weighted by Crippen LogP contribution is 2.23. The lowest BCUT2D eigenvalue weighted by atomic mass is 10.1. The van der Waals surface area contributed by atoms with Crippen molar-refractivity contribution in [1.29, 1.82) is 0 Å². The fourth-order valence-electron chi connectivity index (χ4n) is 2.33. The van der Waals surface area contributed by atoms with Crippen LogP contribution in [0.5, 0.6) is 0 Å². The molecule has 102 valence electrons. The van der Waals surface area contributed by atoms with Gasteiger partial charge in [-0.3, -0.25) is 4.68 Å². The zero-order valence-corrected chi connectivity index (χ0v) is 13.6. The summed E-state index contributed by atoms with van der Waals surface area (Å²) in [4.78, 5) is 0. The highest BCUT2D eigenvalue weighted by molar-refractivity contribution is 9.10. The van der Waals surface area contributed by atoms with Gasteiger partial charge in [0.15, 0.2) is 0 Å². The number of halogens is 1. The van der Waals surface area contributed by atoms with Gasteiger partial charge in [0.1, 0.15) is 0 Å². The van der Waals surface area contributed by atoms with Crippen LogP contribution < -0.4 is 5.32 Å². The molecule has 1 N–H and O–H groups in total. The molecule has 2 heterocycles. The van der Waals surface area contributed by atoms with Gasteiger partial charge in [0.2, 0.25) is 0 Å².